The van der Waals surface area contributed by atoms with Crippen molar-refractivity contribution in [2.75, 3.05) is 0 Å². The summed E-state index contributed by atoms with van der Waals surface area (Å²) in [6.07, 6.45) is 3.80. The number of hydrogen-bond acceptors (Lipinski definition) is 2. The van der Waals surface area contributed by atoms with Crippen molar-refractivity contribution in [3.05, 3.63) is 60.7 Å². The van der Waals surface area contributed by atoms with Gasteiger partial charge < -0.3 is 0 Å². The fraction of sp³-hybridized carbons (Fsp3) is 0. The van der Waals surface area contributed by atoms with Gasteiger partial charge in [-0.25, -0.2) is 0 Å². The van der Waals surface area contributed by atoms with Crippen LogP contribution in [0.5, 0.6) is 0 Å². The van der Waals surface area contributed by atoms with Crippen molar-refractivity contribution in [3.8, 4) is 0 Å². The Morgan fingerprint density at radius 1 is 1.33 bits per heavy atom. The van der Waals surface area contributed by atoms with E-state index in [1.165, 1.54) is 0 Å². The molecule has 4 heteroatoms. The van der Waals surface area contributed by atoms with E-state index in [4.69, 9.17) is 0 Å². The van der Waals surface area contributed by atoms with Crippen LogP contribution >= 0.6 is 30.3 Å². The largest absolute Gasteiger partial charge is 0.282 e. The van der Waals surface area contributed by atoms with E-state index in [9.17, 15) is 0 Å². The summed E-state index contributed by atoms with van der Waals surface area (Å²) in [5.41, 5.74) is 2.96. The van der Waals surface area contributed by atoms with Crippen LogP contribution in [0, 0.1) is 0 Å². The molecule has 0 fully saturated rings. The molecule has 0 aliphatic rings. The summed E-state index contributed by atoms with van der Waals surface area (Å²) in [7, 11) is 1.62. The number of hydrogen-bond donors (Lipinski definition) is 0. The summed E-state index contributed by atoms with van der Waals surface area (Å²) in [4.78, 5) is 4.29. The van der Waals surface area contributed by atoms with Crippen molar-refractivity contribution in [2.24, 2.45) is 0 Å². The zero-order valence-corrected chi connectivity index (χ0v) is 10.9. The maximum atomic E-state index is 4.29. The minimum atomic E-state index is 0.919. The molecule has 0 spiro atoms. The molecule has 2 aromatic rings. The quantitative estimate of drug-likeness (QED) is 0.798. The van der Waals surface area contributed by atoms with Crippen LogP contribution in [-0.2, 0) is 0 Å². The number of aromatic nitrogens is 2. The van der Waals surface area contributed by atoms with Crippen LogP contribution in [0.3, 0.4) is 0 Å². The van der Waals surface area contributed by atoms with Gasteiger partial charge in [-0.3, -0.25) is 8.96 Å². The highest BCUT2D eigenvalue weighted by atomic mass is 127. The van der Waals surface area contributed by atoms with Gasteiger partial charge >= 0.3 is 0 Å². The predicted octanol–water partition coefficient (Wildman–Crippen LogP) is 3.79. The molecule has 0 atom stereocenters. The molecule has 0 bridgehead atoms. The molecule has 0 aliphatic heterocycles. The van der Waals surface area contributed by atoms with Crippen molar-refractivity contribution in [2.45, 2.75) is 0 Å². The van der Waals surface area contributed by atoms with E-state index in [2.05, 4.69) is 36.7 Å². The first-order valence-electron chi connectivity index (χ1n) is 4.40. The smallest absolute Gasteiger partial charge is 0.0717 e. The molecular weight excluding hydrogens is 319 g/mol. The first-order chi connectivity index (χ1) is 7.33. The summed E-state index contributed by atoms with van der Waals surface area (Å²) in [6, 6.07) is 9.90. The van der Waals surface area contributed by atoms with Gasteiger partial charge in [0.1, 0.15) is 0 Å². The number of nitrogens with zero attached hydrogens (tertiary/aromatic N) is 2. The van der Waals surface area contributed by atoms with Crippen LogP contribution in [0.25, 0.3) is 5.57 Å². The first kappa shape index (κ1) is 10.8. The number of rotatable bonds is 3. The summed E-state index contributed by atoms with van der Waals surface area (Å²) >= 11 is 2.25. The molecule has 0 aliphatic carbocycles. The maximum absolute atomic E-state index is 4.29. The molecule has 0 aromatic carbocycles. The molecule has 0 radical (unpaired) electrons. The fourth-order valence-electron chi connectivity index (χ4n) is 1.33. The SMILES string of the molecule is C=C(c1ccccn1)c1cccn1SI. The molecule has 0 amide bonds. The van der Waals surface area contributed by atoms with Crippen LogP contribution in [0.1, 0.15) is 11.4 Å². The van der Waals surface area contributed by atoms with Gasteiger partial charge in [-0.05, 0) is 24.3 Å². The summed E-state index contributed by atoms with van der Waals surface area (Å²) in [5.74, 6) is 0. The van der Waals surface area contributed by atoms with Crippen LogP contribution in [0.4, 0.5) is 0 Å². The van der Waals surface area contributed by atoms with Crippen molar-refractivity contribution in [1.29, 1.82) is 0 Å². The molecule has 15 heavy (non-hydrogen) atoms. The highest BCUT2D eigenvalue weighted by molar-refractivity contribution is 14.2. The highest BCUT2D eigenvalue weighted by Crippen LogP contribution is 2.26. The normalized spacial score (nSPS) is 10.2. The van der Waals surface area contributed by atoms with Crippen molar-refractivity contribution >= 4 is 35.9 Å². The molecule has 0 unspecified atom stereocenters. The van der Waals surface area contributed by atoms with E-state index in [1.807, 2.05) is 36.5 Å². The fourth-order valence-corrected chi connectivity index (χ4v) is 2.72. The average Bonchev–Trinajstić information content (AvgIpc) is 2.77. The Balaban J connectivity index is 2.37. The Morgan fingerprint density at radius 2 is 2.20 bits per heavy atom. The van der Waals surface area contributed by atoms with Crippen molar-refractivity contribution in [3.63, 3.8) is 0 Å². The molecule has 0 N–H and O–H groups in total. The molecule has 0 saturated heterocycles. The van der Waals surface area contributed by atoms with Gasteiger partial charge in [-0.1, -0.05) is 12.6 Å². The lowest BCUT2D eigenvalue weighted by Gasteiger charge is -2.06. The minimum Gasteiger partial charge on any atom is -0.282 e. The standard InChI is InChI=1S/C11H9IN2S/c1-9(10-5-2-3-7-13-10)11-6-4-8-14(11)15-12/h2-8H,1H2. The topological polar surface area (TPSA) is 17.8 Å². The minimum absolute atomic E-state index is 0.919. The Bertz CT molecular complexity index is 464. The van der Waals surface area contributed by atoms with Crippen molar-refractivity contribution < 1.29 is 0 Å². The van der Waals surface area contributed by atoms with E-state index >= 15 is 0 Å². The molecule has 2 aromatic heterocycles. The lowest BCUT2D eigenvalue weighted by molar-refractivity contribution is 1.22. The van der Waals surface area contributed by atoms with Crippen LogP contribution in [-0.4, -0.2) is 8.96 Å². The van der Waals surface area contributed by atoms with Gasteiger partial charge in [0, 0.05) is 48.3 Å². The second kappa shape index (κ2) is 4.85. The lowest BCUT2D eigenvalue weighted by atomic mass is 10.1. The molecule has 2 rings (SSSR count). The monoisotopic (exact) mass is 328 g/mol. The predicted molar refractivity (Wildman–Crippen MR) is 73.8 cm³/mol. The van der Waals surface area contributed by atoms with Gasteiger partial charge in [0.25, 0.3) is 0 Å². The molecule has 2 nitrogen and oxygen atoms in total. The zero-order valence-electron chi connectivity index (χ0n) is 7.93. The molecule has 2 heterocycles. The third-order valence-electron chi connectivity index (χ3n) is 2.07. The molecule has 0 saturated carbocycles. The van der Waals surface area contributed by atoms with E-state index < -0.39 is 0 Å². The van der Waals surface area contributed by atoms with Crippen LogP contribution in [0.2, 0.25) is 0 Å². The Hall–Kier alpha value is -0.750. The van der Waals surface area contributed by atoms with E-state index in [0.717, 1.165) is 17.0 Å². The highest BCUT2D eigenvalue weighted by Gasteiger charge is 2.07. The van der Waals surface area contributed by atoms with Crippen LogP contribution in [0.15, 0.2) is 49.3 Å². The summed E-state index contributed by atoms with van der Waals surface area (Å²) in [5, 5.41) is 0. The van der Waals surface area contributed by atoms with Gasteiger partial charge in [0.05, 0.1) is 11.4 Å². The van der Waals surface area contributed by atoms with Gasteiger partial charge in [-0.15, -0.1) is 0 Å². The third-order valence-corrected chi connectivity index (χ3v) is 3.81. The van der Waals surface area contributed by atoms with Crippen molar-refractivity contribution in [1.82, 2.24) is 8.96 Å². The lowest BCUT2D eigenvalue weighted by Crippen LogP contribution is -1.93. The second-order valence-corrected chi connectivity index (χ2v) is 4.69. The average molecular weight is 328 g/mol. The van der Waals surface area contributed by atoms with Gasteiger partial charge in [0.15, 0.2) is 0 Å². The van der Waals surface area contributed by atoms with E-state index in [1.54, 1.807) is 15.3 Å². The maximum Gasteiger partial charge on any atom is 0.0717 e. The summed E-state index contributed by atoms with van der Waals surface area (Å²) in [6.45, 7) is 4.08. The zero-order chi connectivity index (χ0) is 10.7. The third kappa shape index (κ3) is 2.26. The Labute approximate surface area is 105 Å². The number of pyridine rings is 1. The molecule has 76 valence electrons. The summed E-state index contributed by atoms with van der Waals surface area (Å²) < 4.78 is 2.07. The second-order valence-electron chi connectivity index (χ2n) is 2.98. The van der Waals surface area contributed by atoms with Crippen LogP contribution < -0.4 is 0 Å². The van der Waals surface area contributed by atoms with E-state index in [0.29, 0.717) is 0 Å². The first-order valence-corrected chi connectivity index (χ1v) is 7.71. The Kier molecular flexibility index (Phi) is 3.48. The van der Waals surface area contributed by atoms with E-state index in [-0.39, 0.29) is 0 Å². The van der Waals surface area contributed by atoms with Gasteiger partial charge in [-0.2, -0.15) is 0 Å². The number of halogens is 1. The Morgan fingerprint density at radius 3 is 2.87 bits per heavy atom. The molecular formula is C11H9IN2S. The van der Waals surface area contributed by atoms with Gasteiger partial charge in [0.2, 0.25) is 0 Å².